The molecule has 3 aromatic carbocycles. The van der Waals surface area contributed by atoms with Crippen LogP contribution in [0.1, 0.15) is 22.8 Å². The average molecular weight is 530 g/mol. The SMILES string of the molecule is CCOc1ccc(NC(=O)C(=O)N/N=C\c2ccc(OC(=O)c3ccc(Cl)c(Cl)c3)c(OC)c2)cc1. The summed E-state index contributed by atoms with van der Waals surface area (Å²) in [7, 11) is 1.40. The molecule has 0 radical (unpaired) electrons. The number of carbonyl (C=O) groups excluding carboxylic acids is 3. The van der Waals surface area contributed by atoms with Crippen molar-refractivity contribution in [3.05, 3.63) is 81.8 Å². The van der Waals surface area contributed by atoms with Crippen LogP contribution < -0.4 is 25.0 Å². The van der Waals surface area contributed by atoms with Crippen molar-refractivity contribution in [3.63, 3.8) is 0 Å². The van der Waals surface area contributed by atoms with Gasteiger partial charge in [0.15, 0.2) is 11.5 Å². The quantitative estimate of drug-likeness (QED) is 0.143. The van der Waals surface area contributed by atoms with Crippen LogP contribution in [-0.2, 0) is 9.59 Å². The number of amides is 2. The third-order valence-electron chi connectivity index (χ3n) is 4.55. The molecule has 9 nitrogen and oxygen atoms in total. The van der Waals surface area contributed by atoms with Gasteiger partial charge in [-0.25, -0.2) is 10.2 Å². The molecule has 0 heterocycles. The number of carbonyl (C=O) groups is 3. The minimum absolute atomic E-state index is 0.157. The number of halogens is 2. The van der Waals surface area contributed by atoms with E-state index < -0.39 is 17.8 Å². The van der Waals surface area contributed by atoms with Crippen molar-refractivity contribution in [1.82, 2.24) is 5.43 Å². The Balaban J connectivity index is 1.58. The van der Waals surface area contributed by atoms with E-state index in [1.54, 1.807) is 30.3 Å². The average Bonchev–Trinajstić information content (AvgIpc) is 2.87. The molecular weight excluding hydrogens is 509 g/mol. The van der Waals surface area contributed by atoms with Crippen molar-refractivity contribution in [2.45, 2.75) is 6.92 Å². The third-order valence-corrected chi connectivity index (χ3v) is 5.29. The second kappa shape index (κ2) is 12.6. The van der Waals surface area contributed by atoms with Gasteiger partial charge >= 0.3 is 17.8 Å². The summed E-state index contributed by atoms with van der Waals surface area (Å²) in [5.41, 5.74) is 3.29. The molecule has 0 bridgehead atoms. The van der Waals surface area contributed by atoms with Crippen LogP contribution in [0.2, 0.25) is 10.0 Å². The Bertz CT molecular complexity index is 1300. The lowest BCUT2D eigenvalue weighted by molar-refractivity contribution is -0.136. The molecule has 0 saturated heterocycles. The van der Waals surface area contributed by atoms with E-state index in [4.69, 9.17) is 37.4 Å². The maximum atomic E-state index is 12.4. The standard InChI is InChI=1S/C25H21Cl2N3O6/c1-3-35-18-8-6-17(7-9-18)29-23(31)24(32)30-28-14-15-4-11-21(22(12-15)34-2)36-25(33)16-5-10-19(26)20(27)13-16/h4-14H,3H2,1-2H3,(H,29,31)(H,30,32)/b28-14-. The van der Waals surface area contributed by atoms with Crippen LogP contribution in [0.25, 0.3) is 0 Å². The van der Waals surface area contributed by atoms with Gasteiger partial charge in [0, 0.05) is 5.69 Å². The van der Waals surface area contributed by atoms with Crippen LogP contribution >= 0.6 is 23.2 Å². The fourth-order valence-electron chi connectivity index (χ4n) is 2.84. The molecule has 0 aromatic heterocycles. The molecule has 0 fully saturated rings. The molecule has 3 rings (SSSR count). The highest BCUT2D eigenvalue weighted by Gasteiger charge is 2.15. The highest BCUT2D eigenvalue weighted by atomic mass is 35.5. The van der Waals surface area contributed by atoms with E-state index in [-0.39, 0.29) is 22.1 Å². The van der Waals surface area contributed by atoms with E-state index in [0.29, 0.717) is 28.6 Å². The van der Waals surface area contributed by atoms with Gasteiger partial charge < -0.3 is 19.5 Å². The predicted octanol–water partition coefficient (Wildman–Crippen LogP) is 4.71. The lowest BCUT2D eigenvalue weighted by Crippen LogP contribution is -2.32. The number of hydrogen-bond acceptors (Lipinski definition) is 7. The maximum absolute atomic E-state index is 12.4. The molecule has 0 unspecified atom stereocenters. The minimum Gasteiger partial charge on any atom is -0.494 e. The molecule has 36 heavy (non-hydrogen) atoms. The van der Waals surface area contributed by atoms with Crippen molar-refractivity contribution >= 4 is 52.9 Å². The summed E-state index contributed by atoms with van der Waals surface area (Å²) in [4.78, 5) is 36.5. The van der Waals surface area contributed by atoms with Gasteiger partial charge in [0.2, 0.25) is 0 Å². The fraction of sp³-hybridized carbons (Fsp3) is 0.120. The predicted molar refractivity (Wildman–Crippen MR) is 136 cm³/mol. The van der Waals surface area contributed by atoms with Gasteiger partial charge in [-0.2, -0.15) is 5.10 Å². The molecule has 0 saturated carbocycles. The largest absolute Gasteiger partial charge is 0.494 e. The van der Waals surface area contributed by atoms with Crippen molar-refractivity contribution in [3.8, 4) is 17.2 Å². The summed E-state index contributed by atoms with van der Waals surface area (Å²) in [6.45, 7) is 2.38. The second-order valence-electron chi connectivity index (χ2n) is 7.04. The zero-order valence-corrected chi connectivity index (χ0v) is 20.7. The number of benzene rings is 3. The zero-order valence-electron chi connectivity index (χ0n) is 19.2. The summed E-state index contributed by atoms with van der Waals surface area (Å²) < 4.78 is 16.0. The van der Waals surface area contributed by atoms with E-state index in [2.05, 4.69) is 15.8 Å². The summed E-state index contributed by atoms with van der Waals surface area (Å²) in [6, 6.07) is 15.6. The molecule has 0 aliphatic carbocycles. The molecule has 3 aromatic rings. The van der Waals surface area contributed by atoms with Crippen LogP contribution in [0, 0.1) is 0 Å². The van der Waals surface area contributed by atoms with Gasteiger partial charge in [0.25, 0.3) is 0 Å². The first-order valence-corrected chi connectivity index (χ1v) is 11.3. The highest BCUT2D eigenvalue weighted by molar-refractivity contribution is 6.42. The van der Waals surface area contributed by atoms with E-state index >= 15 is 0 Å². The molecule has 2 N–H and O–H groups in total. The second-order valence-corrected chi connectivity index (χ2v) is 7.85. The van der Waals surface area contributed by atoms with Gasteiger partial charge in [-0.05, 0) is 73.2 Å². The Kier molecular flexibility index (Phi) is 9.26. The van der Waals surface area contributed by atoms with E-state index in [1.165, 1.54) is 43.7 Å². The first-order valence-electron chi connectivity index (χ1n) is 10.5. The van der Waals surface area contributed by atoms with E-state index in [0.717, 1.165) is 0 Å². The van der Waals surface area contributed by atoms with Crippen molar-refractivity contribution in [2.75, 3.05) is 19.0 Å². The highest BCUT2D eigenvalue weighted by Crippen LogP contribution is 2.29. The first-order chi connectivity index (χ1) is 17.3. The van der Waals surface area contributed by atoms with Crippen LogP contribution in [0.4, 0.5) is 5.69 Å². The fourth-order valence-corrected chi connectivity index (χ4v) is 3.13. The molecule has 2 amide bonds. The van der Waals surface area contributed by atoms with Crippen molar-refractivity contribution in [2.24, 2.45) is 5.10 Å². The number of esters is 1. The number of rotatable bonds is 8. The Morgan fingerprint density at radius 3 is 2.33 bits per heavy atom. The zero-order chi connectivity index (χ0) is 26.1. The maximum Gasteiger partial charge on any atom is 0.343 e. The Morgan fingerprint density at radius 2 is 1.67 bits per heavy atom. The number of hydrogen-bond donors (Lipinski definition) is 2. The number of nitrogens with one attached hydrogen (secondary N) is 2. The lowest BCUT2D eigenvalue weighted by Gasteiger charge is -2.10. The smallest absolute Gasteiger partial charge is 0.343 e. The first kappa shape index (κ1) is 26.5. The summed E-state index contributed by atoms with van der Waals surface area (Å²) in [5, 5.41) is 6.77. The van der Waals surface area contributed by atoms with Gasteiger partial charge in [-0.15, -0.1) is 0 Å². The van der Waals surface area contributed by atoms with Crippen LogP contribution in [0.5, 0.6) is 17.2 Å². The normalized spacial score (nSPS) is 10.6. The Morgan fingerprint density at radius 1 is 0.917 bits per heavy atom. The topological polar surface area (TPSA) is 115 Å². The molecule has 11 heteroatoms. The number of anilines is 1. The van der Waals surface area contributed by atoms with Crippen LogP contribution in [-0.4, -0.2) is 37.7 Å². The number of nitrogens with zero attached hydrogens (tertiary/aromatic N) is 1. The van der Waals surface area contributed by atoms with E-state index in [1.807, 2.05) is 6.92 Å². The number of methoxy groups -OCH3 is 1. The number of hydrazone groups is 1. The van der Waals surface area contributed by atoms with Gasteiger partial charge in [0.1, 0.15) is 5.75 Å². The van der Waals surface area contributed by atoms with Gasteiger partial charge in [0.05, 0.1) is 35.5 Å². The molecule has 186 valence electrons. The monoisotopic (exact) mass is 529 g/mol. The van der Waals surface area contributed by atoms with E-state index in [9.17, 15) is 14.4 Å². The Labute approximate surface area is 216 Å². The molecule has 0 aliphatic heterocycles. The summed E-state index contributed by atoms with van der Waals surface area (Å²) in [6.07, 6.45) is 1.30. The molecule has 0 atom stereocenters. The minimum atomic E-state index is -0.959. The van der Waals surface area contributed by atoms with Crippen molar-refractivity contribution in [1.29, 1.82) is 0 Å². The number of ether oxygens (including phenoxy) is 3. The molecule has 0 spiro atoms. The Hall–Kier alpha value is -4.08. The van der Waals surface area contributed by atoms with Crippen LogP contribution in [0.15, 0.2) is 65.8 Å². The summed E-state index contributed by atoms with van der Waals surface area (Å²) >= 11 is 11.8. The third kappa shape index (κ3) is 7.21. The summed E-state index contributed by atoms with van der Waals surface area (Å²) in [5.74, 6) is -1.46. The van der Waals surface area contributed by atoms with Gasteiger partial charge in [-0.1, -0.05) is 23.2 Å². The van der Waals surface area contributed by atoms with Crippen LogP contribution in [0.3, 0.4) is 0 Å². The lowest BCUT2D eigenvalue weighted by atomic mass is 10.2. The van der Waals surface area contributed by atoms with Gasteiger partial charge in [-0.3, -0.25) is 9.59 Å². The van der Waals surface area contributed by atoms with Crippen molar-refractivity contribution < 1.29 is 28.6 Å². The molecular formula is C25H21Cl2N3O6. The molecule has 0 aliphatic rings.